The predicted molar refractivity (Wildman–Crippen MR) is 62.1 cm³/mol. The number of esters is 2. The van der Waals surface area contributed by atoms with E-state index in [1.807, 2.05) is 18.2 Å². The molecule has 0 spiro atoms. The van der Waals surface area contributed by atoms with Gasteiger partial charge in [-0.3, -0.25) is 0 Å². The number of aliphatic hydroxyl groups is 1. The molecule has 0 saturated carbocycles. The van der Waals surface area contributed by atoms with Gasteiger partial charge in [-0.1, -0.05) is 30.3 Å². The van der Waals surface area contributed by atoms with Crippen molar-refractivity contribution in [3.8, 4) is 0 Å². The third kappa shape index (κ3) is 5.63. The van der Waals surface area contributed by atoms with Crippen molar-refractivity contribution in [3.05, 3.63) is 48.0 Å². The van der Waals surface area contributed by atoms with Crippen LogP contribution in [0.5, 0.6) is 0 Å². The van der Waals surface area contributed by atoms with Gasteiger partial charge in [0.05, 0.1) is 0 Å². The Morgan fingerprint density at radius 2 is 1.59 bits per heavy atom. The molecule has 1 aromatic rings. The van der Waals surface area contributed by atoms with Crippen molar-refractivity contribution in [1.82, 2.24) is 0 Å². The van der Waals surface area contributed by atoms with Crippen LogP contribution >= 0.6 is 0 Å². The average Bonchev–Trinajstić information content (AvgIpc) is 2.73. The summed E-state index contributed by atoms with van der Waals surface area (Å²) in [4.78, 5) is 19.8. The first kappa shape index (κ1) is 13.1. The lowest BCUT2D eigenvalue weighted by atomic mass is 10.1. The third-order valence-corrected chi connectivity index (χ3v) is 2.02. The Balaban J connectivity index is 0.000000181. The van der Waals surface area contributed by atoms with Crippen LogP contribution in [0.15, 0.2) is 42.5 Å². The van der Waals surface area contributed by atoms with Crippen molar-refractivity contribution in [2.75, 3.05) is 6.61 Å². The van der Waals surface area contributed by atoms with Gasteiger partial charge >= 0.3 is 11.9 Å². The van der Waals surface area contributed by atoms with Crippen molar-refractivity contribution in [2.45, 2.75) is 12.8 Å². The molecule has 0 saturated heterocycles. The lowest BCUT2D eigenvalue weighted by molar-refractivity contribution is -0.150. The normalized spacial score (nSPS) is 13.0. The summed E-state index contributed by atoms with van der Waals surface area (Å²) >= 11 is 0. The van der Waals surface area contributed by atoms with Crippen LogP contribution in [0.1, 0.15) is 12.0 Å². The molecule has 4 heteroatoms. The number of carbonyl (C=O) groups excluding carboxylic acids is 2. The van der Waals surface area contributed by atoms with Crippen LogP contribution in [-0.2, 0) is 20.7 Å². The van der Waals surface area contributed by atoms with E-state index in [0.717, 1.165) is 25.0 Å². The molecule has 0 fully saturated rings. The summed E-state index contributed by atoms with van der Waals surface area (Å²) in [5.41, 5.74) is 1.30. The molecule has 17 heavy (non-hydrogen) atoms. The van der Waals surface area contributed by atoms with E-state index in [0.29, 0.717) is 0 Å². The van der Waals surface area contributed by atoms with Gasteiger partial charge in [0, 0.05) is 18.8 Å². The highest BCUT2D eigenvalue weighted by Crippen LogP contribution is 2.00. The maximum atomic E-state index is 9.92. The fourth-order valence-electron chi connectivity index (χ4n) is 1.23. The van der Waals surface area contributed by atoms with Crippen LogP contribution in [0.25, 0.3) is 0 Å². The molecular formula is C13H14O4. The van der Waals surface area contributed by atoms with E-state index in [9.17, 15) is 9.59 Å². The maximum absolute atomic E-state index is 9.92. The summed E-state index contributed by atoms with van der Waals surface area (Å²) in [6, 6.07) is 10.2. The minimum atomic E-state index is -0.579. The molecule has 1 aliphatic rings. The van der Waals surface area contributed by atoms with Crippen molar-refractivity contribution < 1.29 is 19.4 Å². The van der Waals surface area contributed by atoms with Gasteiger partial charge in [0.15, 0.2) is 0 Å². The van der Waals surface area contributed by atoms with Crippen LogP contribution < -0.4 is 0 Å². The zero-order chi connectivity index (χ0) is 12.5. The van der Waals surface area contributed by atoms with Crippen LogP contribution in [0.3, 0.4) is 0 Å². The minimum absolute atomic E-state index is 0.287. The molecule has 0 aromatic heterocycles. The number of benzene rings is 1. The summed E-state index contributed by atoms with van der Waals surface area (Å²) in [5, 5.41) is 8.53. The van der Waals surface area contributed by atoms with Crippen LogP contribution in [0.4, 0.5) is 0 Å². The molecule has 0 bridgehead atoms. The number of hydrogen-bond donors (Lipinski definition) is 1. The summed E-state index contributed by atoms with van der Waals surface area (Å²) in [7, 11) is 0. The molecule has 90 valence electrons. The van der Waals surface area contributed by atoms with Crippen molar-refractivity contribution in [3.63, 3.8) is 0 Å². The summed E-state index contributed by atoms with van der Waals surface area (Å²) in [5.74, 6) is -1.16. The van der Waals surface area contributed by atoms with Gasteiger partial charge in [-0.2, -0.15) is 0 Å². The second-order valence-electron chi connectivity index (χ2n) is 3.39. The largest absolute Gasteiger partial charge is 0.396 e. The van der Waals surface area contributed by atoms with E-state index in [1.165, 1.54) is 5.56 Å². The first-order valence-corrected chi connectivity index (χ1v) is 5.31. The summed E-state index contributed by atoms with van der Waals surface area (Å²) in [6.07, 6.45) is 4.02. The SMILES string of the molecule is O=C1C=CC(=O)O1.OCCCc1ccccc1. The number of ether oxygens (including phenoxy) is 1. The predicted octanol–water partition coefficient (Wildman–Crippen LogP) is 1.24. The molecule has 1 aromatic carbocycles. The van der Waals surface area contributed by atoms with Gasteiger partial charge in [0.2, 0.25) is 0 Å². The second-order valence-corrected chi connectivity index (χ2v) is 3.39. The fourth-order valence-corrected chi connectivity index (χ4v) is 1.23. The number of hydrogen-bond acceptors (Lipinski definition) is 4. The standard InChI is InChI=1S/C9H12O.C4H2O3/c10-8-4-7-9-5-2-1-3-6-9;5-3-1-2-4(6)7-3/h1-3,5-6,10H,4,7-8H2;1-2H. The van der Waals surface area contributed by atoms with E-state index in [2.05, 4.69) is 16.9 Å². The monoisotopic (exact) mass is 234 g/mol. The average molecular weight is 234 g/mol. The number of aliphatic hydroxyl groups excluding tert-OH is 1. The van der Waals surface area contributed by atoms with Gasteiger partial charge in [-0.25, -0.2) is 9.59 Å². The molecule has 1 aliphatic heterocycles. The molecule has 0 radical (unpaired) electrons. The molecular weight excluding hydrogens is 220 g/mol. The van der Waals surface area contributed by atoms with Gasteiger partial charge in [0.1, 0.15) is 0 Å². The van der Waals surface area contributed by atoms with Gasteiger partial charge in [0.25, 0.3) is 0 Å². The zero-order valence-electron chi connectivity index (χ0n) is 9.33. The Kier molecular flexibility index (Phi) is 5.68. The molecule has 1 N–H and O–H groups in total. The Morgan fingerprint density at radius 1 is 1.00 bits per heavy atom. The smallest absolute Gasteiger partial charge is 0.338 e. The zero-order valence-corrected chi connectivity index (χ0v) is 9.33. The Hall–Kier alpha value is -1.94. The lowest BCUT2D eigenvalue weighted by Gasteiger charge is -1.96. The topological polar surface area (TPSA) is 63.6 Å². The quantitative estimate of drug-likeness (QED) is 0.631. The van der Waals surface area contributed by atoms with Gasteiger partial charge in [-0.15, -0.1) is 0 Å². The van der Waals surface area contributed by atoms with Crippen molar-refractivity contribution in [2.24, 2.45) is 0 Å². The van der Waals surface area contributed by atoms with Crippen LogP contribution in [0.2, 0.25) is 0 Å². The fraction of sp³-hybridized carbons (Fsp3) is 0.231. The molecule has 0 unspecified atom stereocenters. The maximum Gasteiger partial charge on any atom is 0.338 e. The molecule has 4 nitrogen and oxygen atoms in total. The first-order valence-electron chi connectivity index (χ1n) is 5.31. The van der Waals surface area contributed by atoms with E-state index in [1.54, 1.807) is 0 Å². The number of rotatable bonds is 3. The molecule has 1 heterocycles. The van der Waals surface area contributed by atoms with Crippen LogP contribution in [-0.4, -0.2) is 23.7 Å². The van der Waals surface area contributed by atoms with Crippen molar-refractivity contribution in [1.29, 1.82) is 0 Å². The van der Waals surface area contributed by atoms with E-state index in [4.69, 9.17) is 5.11 Å². The number of aryl methyl sites for hydroxylation is 1. The highest BCUT2D eigenvalue weighted by Gasteiger charge is 2.10. The Labute approximate surface area is 99.5 Å². The van der Waals surface area contributed by atoms with Gasteiger partial charge < -0.3 is 9.84 Å². The van der Waals surface area contributed by atoms with Gasteiger partial charge in [-0.05, 0) is 18.4 Å². The van der Waals surface area contributed by atoms with Crippen LogP contribution in [0, 0.1) is 0 Å². The number of cyclic esters (lactones) is 2. The molecule has 2 rings (SSSR count). The molecule has 0 atom stereocenters. The molecule has 0 amide bonds. The minimum Gasteiger partial charge on any atom is -0.396 e. The third-order valence-electron chi connectivity index (χ3n) is 2.02. The lowest BCUT2D eigenvalue weighted by Crippen LogP contribution is -1.96. The Morgan fingerprint density at radius 3 is 2.00 bits per heavy atom. The Bertz CT molecular complexity index is 379. The first-order chi connectivity index (χ1) is 8.22. The second kappa shape index (κ2) is 7.35. The summed E-state index contributed by atoms with van der Waals surface area (Å²) < 4.78 is 3.97. The highest BCUT2D eigenvalue weighted by atomic mass is 16.6. The van der Waals surface area contributed by atoms with Crippen molar-refractivity contribution >= 4 is 11.9 Å². The number of carbonyl (C=O) groups is 2. The summed E-state index contributed by atoms with van der Waals surface area (Å²) in [6.45, 7) is 0.287. The van der Waals surface area contributed by atoms with E-state index < -0.39 is 11.9 Å². The molecule has 0 aliphatic carbocycles. The van der Waals surface area contributed by atoms with E-state index >= 15 is 0 Å². The van der Waals surface area contributed by atoms with E-state index in [-0.39, 0.29) is 6.61 Å². The highest BCUT2D eigenvalue weighted by molar-refractivity contribution is 6.04.